The summed E-state index contributed by atoms with van der Waals surface area (Å²) in [5, 5.41) is 2.05. The molecule has 0 bridgehead atoms. The van der Waals surface area contributed by atoms with Crippen molar-refractivity contribution in [2.75, 3.05) is 10.2 Å². The second kappa shape index (κ2) is 6.04. The van der Waals surface area contributed by atoms with Gasteiger partial charge < -0.3 is 5.32 Å². The molecule has 4 nitrogen and oxygen atoms in total. The third-order valence-corrected chi connectivity index (χ3v) is 4.54. The average Bonchev–Trinajstić information content (AvgIpc) is 2.78. The Kier molecular flexibility index (Phi) is 4.09. The molecule has 0 unspecified atom stereocenters. The Morgan fingerprint density at radius 3 is 2.43 bits per heavy atom. The van der Waals surface area contributed by atoms with Gasteiger partial charge in [-0.15, -0.1) is 0 Å². The highest BCUT2D eigenvalue weighted by Crippen LogP contribution is 2.33. The largest absolute Gasteiger partial charge is 0.365 e. The first-order chi connectivity index (χ1) is 11.0. The van der Waals surface area contributed by atoms with E-state index in [2.05, 4.69) is 5.32 Å². The number of halogens is 1. The zero-order chi connectivity index (χ0) is 16.6. The maximum absolute atomic E-state index is 13.0. The minimum absolute atomic E-state index is 0.355. The summed E-state index contributed by atoms with van der Waals surface area (Å²) in [6.45, 7) is 3.94. The summed E-state index contributed by atoms with van der Waals surface area (Å²) in [4.78, 5) is 25.7. The first kappa shape index (κ1) is 15.6. The third kappa shape index (κ3) is 3.07. The number of hydrogen-bond acceptors (Lipinski definition) is 4. The van der Waals surface area contributed by atoms with Crippen molar-refractivity contribution in [2.24, 2.45) is 0 Å². The SMILES string of the molecule is Cc1ccc(N[C@H]2SC(=O)N(c3ccc(F)cc3)C2=O)c(C)c1. The first-order valence-electron chi connectivity index (χ1n) is 7.09. The molecule has 3 rings (SSSR count). The Labute approximate surface area is 137 Å². The molecule has 1 heterocycles. The van der Waals surface area contributed by atoms with E-state index in [0.29, 0.717) is 5.69 Å². The number of carbonyl (C=O) groups excluding carboxylic acids is 2. The van der Waals surface area contributed by atoms with Crippen LogP contribution < -0.4 is 10.2 Å². The number of amides is 2. The number of thioether (sulfide) groups is 1. The van der Waals surface area contributed by atoms with E-state index < -0.39 is 11.2 Å². The van der Waals surface area contributed by atoms with E-state index in [9.17, 15) is 14.0 Å². The molecule has 1 saturated heterocycles. The van der Waals surface area contributed by atoms with Crippen LogP contribution in [0.4, 0.5) is 20.6 Å². The summed E-state index contributed by atoms with van der Waals surface area (Å²) in [5.41, 5.74) is 3.32. The normalized spacial score (nSPS) is 17.7. The Morgan fingerprint density at radius 2 is 1.78 bits per heavy atom. The molecule has 0 spiro atoms. The lowest BCUT2D eigenvalue weighted by molar-refractivity contribution is -0.116. The van der Waals surface area contributed by atoms with Gasteiger partial charge in [0, 0.05) is 5.69 Å². The highest BCUT2D eigenvalue weighted by molar-refractivity contribution is 8.16. The molecule has 6 heteroatoms. The first-order valence-corrected chi connectivity index (χ1v) is 7.97. The van der Waals surface area contributed by atoms with Gasteiger partial charge in [-0.05, 0) is 61.5 Å². The minimum Gasteiger partial charge on any atom is -0.365 e. The number of hydrogen-bond donors (Lipinski definition) is 1. The molecule has 23 heavy (non-hydrogen) atoms. The van der Waals surface area contributed by atoms with Crippen LogP contribution in [0.2, 0.25) is 0 Å². The molecule has 0 radical (unpaired) electrons. The number of carbonyl (C=O) groups is 2. The van der Waals surface area contributed by atoms with Gasteiger partial charge in [0.25, 0.3) is 11.1 Å². The fourth-order valence-corrected chi connectivity index (χ4v) is 3.34. The van der Waals surface area contributed by atoms with Crippen molar-refractivity contribution in [3.63, 3.8) is 0 Å². The van der Waals surface area contributed by atoms with Crippen molar-refractivity contribution >= 4 is 34.3 Å². The summed E-state index contributed by atoms with van der Waals surface area (Å²) >= 11 is 0.921. The summed E-state index contributed by atoms with van der Waals surface area (Å²) in [5.74, 6) is -0.767. The van der Waals surface area contributed by atoms with Gasteiger partial charge in [0.2, 0.25) is 0 Å². The van der Waals surface area contributed by atoms with Crippen LogP contribution in [0.1, 0.15) is 11.1 Å². The van der Waals surface area contributed by atoms with E-state index >= 15 is 0 Å². The number of imide groups is 1. The van der Waals surface area contributed by atoms with E-state index in [-0.39, 0.29) is 11.1 Å². The van der Waals surface area contributed by atoms with Gasteiger partial charge in [-0.25, -0.2) is 9.29 Å². The summed E-state index contributed by atoms with van der Waals surface area (Å²) in [6, 6.07) is 11.1. The van der Waals surface area contributed by atoms with Gasteiger partial charge in [-0.1, -0.05) is 17.7 Å². The van der Waals surface area contributed by atoms with Gasteiger partial charge in [0.05, 0.1) is 5.69 Å². The number of aryl methyl sites for hydroxylation is 2. The maximum Gasteiger partial charge on any atom is 0.295 e. The monoisotopic (exact) mass is 330 g/mol. The van der Waals surface area contributed by atoms with Gasteiger partial charge in [0.15, 0.2) is 5.37 Å². The highest BCUT2D eigenvalue weighted by Gasteiger charge is 2.40. The molecule has 2 aromatic rings. The van der Waals surface area contributed by atoms with Crippen LogP contribution in [-0.4, -0.2) is 16.5 Å². The molecule has 0 aromatic heterocycles. The molecular formula is C17H15FN2O2S. The molecule has 1 aliphatic heterocycles. The third-order valence-electron chi connectivity index (χ3n) is 3.60. The van der Waals surface area contributed by atoms with Gasteiger partial charge in [-0.2, -0.15) is 0 Å². The van der Waals surface area contributed by atoms with Crippen LogP contribution in [0.3, 0.4) is 0 Å². The van der Waals surface area contributed by atoms with Crippen LogP contribution in [0.25, 0.3) is 0 Å². The van der Waals surface area contributed by atoms with Crippen LogP contribution in [0.15, 0.2) is 42.5 Å². The van der Waals surface area contributed by atoms with E-state index in [1.807, 2.05) is 32.0 Å². The smallest absolute Gasteiger partial charge is 0.295 e. The predicted octanol–water partition coefficient (Wildman–Crippen LogP) is 4.08. The van der Waals surface area contributed by atoms with Crippen LogP contribution >= 0.6 is 11.8 Å². The summed E-state index contributed by atoms with van der Waals surface area (Å²) in [7, 11) is 0. The van der Waals surface area contributed by atoms with Crippen LogP contribution in [0.5, 0.6) is 0 Å². The Balaban J connectivity index is 1.82. The van der Waals surface area contributed by atoms with Crippen molar-refractivity contribution in [2.45, 2.75) is 19.2 Å². The molecule has 2 aromatic carbocycles. The highest BCUT2D eigenvalue weighted by atomic mass is 32.2. The molecule has 0 aliphatic carbocycles. The molecular weight excluding hydrogens is 315 g/mol. The van der Waals surface area contributed by atoms with Crippen molar-refractivity contribution in [3.05, 3.63) is 59.4 Å². The number of benzene rings is 2. The Hall–Kier alpha value is -2.34. The van der Waals surface area contributed by atoms with E-state index in [1.54, 1.807) is 0 Å². The van der Waals surface area contributed by atoms with Crippen molar-refractivity contribution in [1.29, 1.82) is 0 Å². The predicted molar refractivity (Wildman–Crippen MR) is 90.2 cm³/mol. The van der Waals surface area contributed by atoms with Crippen molar-refractivity contribution in [3.8, 4) is 0 Å². The maximum atomic E-state index is 13.0. The summed E-state index contributed by atoms with van der Waals surface area (Å²) < 4.78 is 13.0. The second-order valence-corrected chi connectivity index (χ2v) is 6.43. The molecule has 1 N–H and O–H groups in total. The molecule has 1 aliphatic rings. The fourth-order valence-electron chi connectivity index (χ4n) is 2.44. The van der Waals surface area contributed by atoms with Gasteiger partial charge >= 0.3 is 0 Å². The summed E-state index contributed by atoms with van der Waals surface area (Å²) in [6.07, 6.45) is 0. The number of rotatable bonds is 3. The van der Waals surface area contributed by atoms with E-state index in [0.717, 1.165) is 33.5 Å². The Morgan fingerprint density at radius 1 is 1.09 bits per heavy atom. The fraction of sp³-hybridized carbons (Fsp3) is 0.176. The lowest BCUT2D eigenvalue weighted by Gasteiger charge is -2.16. The lowest BCUT2D eigenvalue weighted by atomic mass is 10.1. The van der Waals surface area contributed by atoms with Gasteiger partial charge in [-0.3, -0.25) is 9.59 Å². The van der Waals surface area contributed by atoms with Gasteiger partial charge in [0.1, 0.15) is 5.82 Å². The number of nitrogens with zero attached hydrogens (tertiary/aromatic N) is 1. The standard InChI is InChI=1S/C17H15FN2O2S/c1-10-3-8-14(11(2)9-10)19-15-16(21)20(17(22)23-15)13-6-4-12(18)5-7-13/h3-9,15,19H,1-2H3/t15-/m0/s1. The minimum atomic E-state index is -0.686. The topological polar surface area (TPSA) is 49.4 Å². The molecule has 2 amide bonds. The van der Waals surface area contributed by atoms with Crippen LogP contribution in [0, 0.1) is 19.7 Å². The molecule has 1 fully saturated rings. The van der Waals surface area contributed by atoms with Crippen molar-refractivity contribution in [1.82, 2.24) is 0 Å². The second-order valence-electron chi connectivity index (χ2n) is 5.38. The molecule has 1 atom stereocenters. The Bertz CT molecular complexity index is 777. The zero-order valence-corrected chi connectivity index (χ0v) is 13.5. The number of nitrogens with one attached hydrogen (secondary N) is 1. The molecule has 0 saturated carbocycles. The zero-order valence-electron chi connectivity index (χ0n) is 12.7. The quantitative estimate of drug-likeness (QED) is 0.921. The number of anilines is 2. The van der Waals surface area contributed by atoms with E-state index in [1.165, 1.54) is 24.3 Å². The lowest BCUT2D eigenvalue weighted by Crippen LogP contribution is -2.34. The van der Waals surface area contributed by atoms with Crippen LogP contribution in [-0.2, 0) is 4.79 Å². The van der Waals surface area contributed by atoms with Crippen molar-refractivity contribution < 1.29 is 14.0 Å². The van der Waals surface area contributed by atoms with E-state index in [4.69, 9.17) is 0 Å². The average molecular weight is 330 g/mol. The molecule has 118 valence electrons.